The van der Waals surface area contributed by atoms with E-state index in [1.54, 1.807) is 11.0 Å². The van der Waals surface area contributed by atoms with Crippen LogP contribution in [0.2, 0.25) is 5.02 Å². The Morgan fingerprint density at radius 2 is 1.62 bits per heavy atom. The van der Waals surface area contributed by atoms with Crippen molar-refractivity contribution in [2.45, 2.75) is 12.6 Å². The van der Waals surface area contributed by atoms with Crippen LogP contribution in [0.5, 0.6) is 0 Å². The molecule has 3 aromatic rings. The third-order valence-corrected chi connectivity index (χ3v) is 5.53. The highest BCUT2D eigenvalue weighted by Gasteiger charge is 2.27. The zero-order chi connectivity index (χ0) is 20.1. The van der Waals surface area contributed by atoms with Gasteiger partial charge < -0.3 is 0 Å². The van der Waals surface area contributed by atoms with Gasteiger partial charge in [0.2, 0.25) is 0 Å². The van der Waals surface area contributed by atoms with Crippen molar-refractivity contribution in [1.82, 2.24) is 24.6 Å². The molecule has 1 aliphatic rings. The monoisotopic (exact) mass is 409 g/mol. The van der Waals surface area contributed by atoms with Gasteiger partial charge in [0.15, 0.2) is 5.78 Å². The third kappa shape index (κ3) is 5.09. The molecule has 1 atom stereocenters. The van der Waals surface area contributed by atoms with Crippen molar-refractivity contribution in [3.8, 4) is 0 Å². The Labute approximate surface area is 175 Å². The average molecular weight is 410 g/mol. The molecule has 1 aromatic heterocycles. The van der Waals surface area contributed by atoms with Crippen LogP contribution < -0.4 is 0 Å². The van der Waals surface area contributed by atoms with E-state index in [9.17, 15) is 4.79 Å². The molecule has 0 spiro atoms. The Morgan fingerprint density at radius 3 is 2.28 bits per heavy atom. The van der Waals surface area contributed by atoms with Crippen molar-refractivity contribution in [3.63, 3.8) is 0 Å². The topological polar surface area (TPSA) is 54.3 Å². The van der Waals surface area contributed by atoms with Crippen molar-refractivity contribution in [2.75, 3.05) is 32.7 Å². The summed E-state index contributed by atoms with van der Waals surface area (Å²) in [5, 5.41) is 4.75. The van der Waals surface area contributed by atoms with Gasteiger partial charge in [-0.15, -0.1) is 0 Å². The molecule has 1 saturated heterocycles. The number of nitrogens with zero attached hydrogens (tertiary/aromatic N) is 5. The Kier molecular flexibility index (Phi) is 6.34. The summed E-state index contributed by atoms with van der Waals surface area (Å²) >= 11 is 6.10. The van der Waals surface area contributed by atoms with E-state index in [1.165, 1.54) is 17.5 Å². The van der Waals surface area contributed by atoms with Crippen LogP contribution in [0.4, 0.5) is 0 Å². The lowest BCUT2D eigenvalue weighted by Crippen LogP contribution is -2.49. The van der Waals surface area contributed by atoms with Crippen LogP contribution in [-0.4, -0.2) is 63.1 Å². The molecule has 4 rings (SSSR count). The minimum Gasteiger partial charge on any atom is -0.296 e. The molecular formula is C22H24ClN5O. The molecule has 2 heterocycles. The Bertz CT molecular complexity index is 906. The van der Waals surface area contributed by atoms with Gasteiger partial charge in [0.05, 0.1) is 12.6 Å². The van der Waals surface area contributed by atoms with Gasteiger partial charge in [0.1, 0.15) is 19.2 Å². The van der Waals surface area contributed by atoms with Crippen LogP contribution in [-0.2, 0) is 11.3 Å². The molecule has 0 radical (unpaired) electrons. The molecule has 0 N–H and O–H groups in total. The van der Waals surface area contributed by atoms with Crippen molar-refractivity contribution in [1.29, 1.82) is 0 Å². The summed E-state index contributed by atoms with van der Waals surface area (Å²) < 4.78 is 1.57. The second-order valence-electron chi connectivity index (χ2n) is 7.31. The predicted octanol–water partition coefficient (Wildman–Crippen LogP) is 2.91. The fourth-order valence-electron chi connectivity index (χ4n) is 3.87. The molecule has 0 saturated carbocycles. The first-order valence-electron chi connectivity index (χ1n) is 9.80. The van der Waals surface area contributed by atoms with Gasteiger partial charge in [-0.25, -0.2) is 9.67 Å². The van der Waals surface area contributed by atoms with Crippen molar-refractivity contribution in [2.24, 2.45) is 0 Å². The maximum atomic E-state index is 12.3. The maximum absolute atomic E-state index is 12.3. The van der Waals surface area contributed by atoms with Gasteiger partial charge in [-0.3, -0.25) is 14.6 Å². The fraction of sp³-hybridized carbons (Fsp3) is 0.318. The summed E-state index contributed by atoms with van der Waals surface area (Å²) in [5.74, 6) is 0.154. The Morgan fingerprint density at radius 1 is 0.931 bits per heavy atom. The number of aromatic nitrogens is 3. The number of benzene rings is 2. The number of carbonyl (C=O) groups is 1. The van der Waals surface area contributed by atoms with E-state index >= 15 is 0 Å². The van der Waals surface area contributed by atoms with Crippen molar-refractivity contribution < 1.29 is 4.79 Å². The molecule has 7 heteroatoms. The van der Waals surface area contributed by atoms with E-state index in [2.05, 4.69) is 56.3 Å². The molecular weight excluding hydrogens is 386 g/mol. The SMILES string of the molecule is O=C(CN1CCN(C(c2ccccc2)c2ccc(Cl)cc2)CC1)Cn1cncn1. The minimum absolute atomic E-state index is 0.154. The highest BCUT2D eigenvalue weighted by molar-refractivity contribution is 6.30. The van der Waals surface area contributed by atoms with Crippen LogP contribution in [0.15, 0.2) is 67.3 Å². The average Bonchev–Trinajstić information content (AvgIpc) is 3.24. The number of hydrogen-bond acceptors (Lipinski definition) is 5. The second-order valence-corrected chi connectivity index (χ2v) is 7.75. The number of carbonyl (C=O) groups excluding carboxylic acids is 1. The van der Waals surface area contributed by atoms with Gasteiger partial charge in [0.25, 0.3) is 0 Å². The highest BCUT2D eigenvalue weighted by Crippen LogP contribution is 2.30. The highest BCUT2D eigenvalue weighted by atomic mass is 35.5. The van der Waals surface area contributed by atoms with Crippen LogP contribution in [0.25, 0.3) is 0 Å². The number of hydrogen-bond donors (Lipinski definition) is 0. The maximum Gasteiger partial charge on any atom is 0.168 e. The lowest BCUT2D eigenvalue weighted by Gasteiger charge is -2.39. The van der Waals surface area contributed by atoms with E-state index in [0.717, 1.165) is 31.2 Å². The lowest BCUT2D eigenvalue weighted by molar-refractivity contribution is -0.121. The van der Waals surface area contributed by atoms with Crippen LogP contribution in [0.1, 0.15) is 17.2 Å². The number of piperazine rings is 1. The van der Waals surface area contributed by atoms with E-state index in [0.29, 0.717) is 6.54 Å². The van der Waals surface area contributed by atoms with E-state index < -0.39 is 0 Å². The van der Waals surface area contributed by atoms with Gasteiger partial charge >= 0.3 is 0 Å². The standard InChI is InChI=1S/C22H24ClN5O/c23-20-8-6-19(7-9-20)22(18-4-2-1-3-5-18)27-12-10-26(11-13-27)14-21(29)15-28-17-24-16-25-28/h1-9,16-17,22H,10-15H2. The number of Topliss-reactive ketones (excluding diaryl/α,β-unsaturated/α-hetero) is 1. The summed E-state index contributed by atoms with van der Waals surface area (Å²) in [7, 11) is 0. The van der Waals surface area contributed by atoms with E-state index in [4.69, 9.17) is 11.6 Å². The molecule has 29 heavy (non-hydrogen) atoms. The smallest absolute Gasteiger partial charge is 0.168 e. The molecule has 150 valence electrons. The van der Waals surface area contributed by atoms with Crippen LogP contribution in [0.3, 0.4) is 0 Å². The first-order chi connectivity index (χ1) is 14.2. The van der Waals surface area contributed by atoms with Crippen LogP contribution in [0, 0.1) is 0 Å². The zero-order valence-corrected chi connectivity index (χ0v) is 16.9. The van der Waals surface area contributed by atoms with E-state index in [1.807, 2.05) is 18.2 Å². The number of halogens is 1. The largest absolute Gasteiger partial charge is 0.296 e. The summed E-state index contributed by atoms with van der Waals surface area (Å²) in [5.41, 5.74) is 2.50. The van der Waals surface area contributed by atoms with Gasteiger partial charge in [-0.2, -0.15) is 5.10 Å². The quantitative estimate of drug-likeness (QED) is 0.600. The summed E-state index contributed by atoms with van der Waals surface area (Å²) in [6, 6.07) is 18.8. The first kappa shape index (κ1) is 19.8. The van der Waals surface area contributed by atoms with Crippen LogP contribution >= 0.6 is 11.6 Å². The predicted molar refractivity (Wildman–Crippen MR) is 113 cm³/mol. The van der Waals surface area contributed by atoms with E-state index in [-0.39, 0.29) is 18.4 Å². The Hall–Kier alpha value is -2.54. The molecule has 0 aliphatic carbocycles. The van der Waals surface area contributed by atoms with Gasteiger partial charge in [-0.1, -0.05) is 54.1 Å². The van der Waals surface area contributed by atoms with Gasteiger partial charge in [-0.05, 0) is 23.3 Å². The second kappa shape index (κ2) is 9.31. The normalized spacial score (nSPS) is 16.6. The lowest BCUT2D eigenvalue weighted by atomic mass is 9.96. The molecule has 6 nitrogen and oxygen atoms in total. The van der Waals surface area contributed by atoms with Crippen molar-refractivity contribution in [3.05, 3.63) is 83.4 Å². The summed E-state index contributed by atoms with van der Waals surface area (Å²) in [4.78, 5) is 20.9. The fourth-order valence-corrected chi connectivity index (χ4v) is 3.99. The molecule has 0 amide bonds. The molecule has 0 bridgehead atoms. The van der Waals surface area contributed by atoms with Crippen molar-refractivity contribution >= 4 is 17.4 Å². The summed E-state index contributed by atoms with van der Waals surface area (Å²) in [6.45, 7) is 4.25. The van der Waals surface area contributed by atoms with Gasteiger partial charge in [0, 0.05) is 31.2 Å². The zero-order valence-electron chi connectivity index (χ0n) is 16.2. The Balaban J connectivity index is 1.41. The third-order valence-electron chi connectivity index (χ3n) is 5.28. The first-order valence-corrected chi connectivity index (χ1v) is 10.2. The molecule has 1 fully saturated rings. The number of rotatable bonds is 7. The molecule has 1 unspecified atom stereocenters. The summed E-state index contributed by atoms with van der Waals surface area (Å²) in [6.07, 6.45) is 3.03. The number of ketones is 1. The minimum atomic E-state index is 0.154. The molecule has 2 aromatic carbocycles. The molecule has 1 aliphatic heterocycles.